The number of rotatable bonds is 4. The summed E-state index contributed by atoms with van der Waals surface area (Å²) in [5.74, 6) is 0.147. The van der Waals surface area contributed by atoms with Crippen LogP contribution in [-0.4, -0.2) is 70.9 Å². The van der Waals surface area contributed by atoms with Gasteiger partial charge in [0, 0.05) is 62.2 Å². The highest BCUT2D eigenvalue weighted by atomic mass is 32.1. The van der Waals surface area contributed by atoms with Crippen molar-refractivity contribution < 1.29 is 18.0 Å². The second-order valence-electron chi connectivity index (χ2n) is 8.89. The molecule has 1 aromatic carbocycles. The lowest BCUT2D eigenvalue weighted by Crippen LogP contribution is -2.55. The van der Waals surface area contributed by atoms with Crippen molar-refractivity contribution in [2.45, 2.75) is 44.4 Å². The van der Waals surface area contributed by atoms with Crippen molar-refractivity contribution in [3.8, 4) is 10.6 Å². The predicted molar refractivity (Wildman–Crippen MR) is 117 cm³/mol. The summed E-state index contributed by atoms with van der Waals surface area (Å²) in [6, 6.07) is 6.32. The molecule has 0 unspecified atom stereocenters. The Labute approximate surface area is 189 Å². The fourth-order valence-corrected chi connectivity index (χ4v) is 5.98. The van der Waals surface area contributed by atoms with Crippen molar-refractivity contribution in [1.82, 2.24) is 19.7 Å². The molecule has 0 N–H and O–H groups in total. The summed E-state index contributed by atoms with van der Waals surface area (Å²) >= 11 is 1.31. The first-order chi connectivity index (χ1) is 15.4. The van der Waals surface area contributed by atoms with E-state index in [9.17, 15) is 18.0 Å². The van der Waals surface area contributed by atoms with Gasteiger partial charge in [0.25, 0.3) is 0 Å². The van der Waals surface area contributed by atoms with E-state index < -0.39 is 11.7 Å². The van der Waals surface area contributed by atoms with Gasteiger partial charge in [0.05, 0.1) is 17.8 Å². The molecular weight excluding hydrogens is 437 g/mol. The third-order valence-electron chi connectivity index (χ3n) is 6.89. The Bertz CT molecular complexity index is 980. The van der Waals surface area contributed by atoms with E-state index in [1.807, 2.05) is 4.90 Å². The van der Waals surface area contributed by atoms with Crippen molar-refractivity contribution >= 4 is 17.2 Å². The maximum absolute atomic E-state index is 13.4. The molecule has 2 aliphatic heterocycles. The van der Waals surface area contributed by atoms with Crippen LogP contribution in [0, 0.1) is 0 Å². The van der Waals surface area contributed by atoms with Crippen molar-refractivity contribution in [2.75, 3.05) is 39.3 Å². The van der Waals surface area contributed by atoms with Gasteiger partial charge in [-0.3, -0.25) is 14.6 Å². The predicted octanol–water partition coefficient (Wildman–Crippen LogP) is 3.88. The largest absolute Gasteiger partial charge is 0.417 e. The van der Waals surface area contributed by atoms with Gasteiger partial charge >= 0.3 is 6.18 Å². The fraction of sp³-hybridized carbons (Fsp3) is 0.565. The molecule has 3 heterocycles. The molecule has 0 bridgehead atoms. The standard InChI is InChI=1S/C23H27F3N4OS/c24-23(25,26)18-7-2-1-6-17(18)22-27-19-8-9-28(14-20(19)32-22)15-21(31)30-12-10-29(11-13-30)16-4-3-5-16/h1-2,6-7,16H,3-5,8-15H2. The van der Waals surface area contributed by atoms with E-state index in [0.717, 1.165) is 48.9 Å². The Kier molecular flexibility index (Phi) is 5.98. The number of benzene rings is 1. The minimum atomic E-state index is -4.41. The normalized spacial score (nSPS) is 20.8. The molecule has 1 saturated carbocycles. The molecule has 5 nitrogen and oxygen atoms in total. The molecule has 1 amide bonds. The van der Waals surface area contributed by atoms with E-state index in [0.29, 0.717) is 31.1 Å². The molecule has 9 heteroatoms. The quantitative estimate of drug-likeness (QED) is 0.689. The van der Waals surface area contributed by atoms with Crippen LogP contribution >= 0.6 is 11.3 Å². The molecule has 2 fully saturated rings. The Hall–Kier alpha value is -1.97. The zero-order valence-electron chi connectivity index (χ0n) is 17.9. The summed E-state index contributed by atoms with van der Waals surface area (Å²) in [5, 5.41) is 0.406. The highest BCUT2D eigenvalue weighted by Gasteiger charge is 2.35. The Morgan fingerprint density at radius 2 is 1.84 bits per heavy atom. The van der Waals surface area contributed by atoms with Gasteiger partial charge in [0.15, 0.2) is 0 Å². The average molecular weight is 465 g/mol. The number of thiazole rings is 1. The first-order valence-electron chi connectivity index (χ1n) is 11.3. The van der Waals surface area contributed by atoms with Crippen LogP contribution in [0.3, 0.4) is 0 Å². The molecule has 5 rings (SSSR count). The van der Waals surface area contributed by atoms with E-state index in [4.69, 9.17) is 0 Å². The third kappa shape index (κ3) is 4.43. The lowest BCUT2D eigenvalue weighted by atomic mass is 9.91. The summed E-state index contributed by atoms with van der Waals surface area (Å²) in [6.07, 6.45) is 0.136. The second kappa shape index (κ2) is 8.76. The van der Waals surface area contributed by atoms with Gasteiger partial charge in [-0.25, -0.2) is 4.98 Å². The maximum Gasteiger partial charge on any atom is 0.417 e. The number of aromatic nitrogens is 1. The molecule has 1 aromatic heterocycles. The van der Waals surface area contributed by atoms with E-state index in [2.05, 4.69) is 14.8 Å². The first-order valence-corrected chi connectivity index (χ1v) is 12.1. The molecule has 0 spiro atoms. The van der Waals surface area contributed by atoms with Crippen LogP contribution in [0.4, 0.5) is 13.2 Å². The zero-order chi connectivity index (χ0) is 22.3. The van der Waals surface area contributed by atoms with Crippen molar-refractivity contribution in [3.05, 3.63) is 40.4 Å². The number of hydrogen-bond acceptors (Lipinski definition) is 5. The van der Waals surface area contributed by atoms with E-state index >= 15 is 0 Å². The number of carbonyl (C=O) groups is 1. The molecule has 0 atom stereocenters. The number of fused-ring (bicyclic) bond motifs is 1. The van der Waals surface area contributed by atoms with Gasteiger partial charge in [-0.2, -0.15) is 13.2 Å². The van der Waals surface area contributed by atoms with Crippen LogP contribution < -0.4 is 0 Å². The minimum Gasteiger partial charge on any atom is -0.339 e. The molecular formula is C23H27F3N4OS. The molecule has 2 aromatic rings. The van der Waals surface area contributed by atoms with Crippen molar-refractivity contribution in [3.63, 3.8) is 0 Å². The minimum absolute atomic E-state index is 0.131. The summed E-state index contributed by atoms with van der Waals surface area (Å²) in [7, 11) is 0. The van der Waals surface area contributed by atoms with E-state index in [1.54, 1.807) is 6.07 Å². The van der Waals surface area contributed by atoms with Gasteiger partial charge in [-0.1, -0.05) is 24.6 Å². The van der Waals surface area contributed by atoms with Crippen LogP contribution in [0.5, 0.6) is 0 Å². The molecule has 172 valence electrons. The number of halogens is 3. The molecule has 1 aliphatic carbocycles. The number of nitrogens with zero attached hydrogens (tertiary/aromatic N) is 4. The van der Waals surface area contributed by atoms with Crippen molar-refractivity contribution in [2.24, 2.45) is 0 Å². The van der Waals surface area contributed by atoms with Gasteiger partial charge in [0.2, 0.25) is 5.91 Å². The highest BCUT2D eigenvalue weighted by molar-refractivity contribution is 7.15. The molecule has 1 saturated heterocycles. The smallest absolute Gasteiger partial charge is 0.339 e. The third-order valence-corrected chi connectivity index (χ3v) is 8.01. The molecule has 32 heavy (non-hydrogen) atoms. The Balaban J connectivity index is 1.22. The second-order valence-corrected chi connectivity index (χ2v) is 9.98. The summed E-state index contributed by atoms with van der Waals surface area (Å²) in [4.78, 5) is 24.9. The fourth-order valence-electron chi connectivity index (χ4n) is 4.79. The van der Waals surface area contributed by atoms with E-state index in [1.165, 1.54) is 42.7 Å². The van der Waals surface area contributed by atoms with Crippen LogP contribution in [0.15, 0.2) is 24.3 Å². The number of amides is 1. The van der Waals surface area contributed by atoms with Crippen LogP contribution in [0.2, 0.25) is 0 Å². The van der Waals surface area contributed by atoms with Gasteiger partial charge < -0.3 is 4.90 Å². The lowest BCUT2D eigenvalue weighted by molar-refractivity contribution is -0.137. The van der Waals surface area contributed by atoms with Crippen LogP contribution in [0.1, 0.15) is 35.4 Å². The van der Waals surface area contributed by atoms with E-state index in [-0.39, 0.29) is 11.5 Å². The topological polar surface area (TPSA) is 39.7 Å². The first kappa shape index (κ1) is 21.9. The SMILES string of the molecule is O=C(CN1CCc2nc(-c3ccccc3C(F)(F)F)sc2C1)N1CCN(C2CCC2)CC1. The molecule has 0 radical (unpaired) electrons. The number of alkyl halides is 3. The van der Waals surface area contributed by atoms with Gasteiger partial charge in [-0.15, -0.1) is 11.3 Å². The Morgan fingerprint density at radius 3 is 2.53 bits per heavy atom. The zero-order valence-corrected chi connectivity index (χ0v) is 18.7. The van der Waals surface area contributed by atoms with Gasteiger partial charge in [-0.05, 0) is 18.9 Å². The Morgan fingerprint density at radius 1 is 1.09 bits per heavy atom. The maximum atomic E-state index is 13.4. The molecule has 3 aliphatic rings. The summed E-state index contributed by atoms with van der Waals surface area (Å²) in [6.45, 7) is 5.10. The summed E-state index contributed by atoms with van der Waals surface area (Å²) < 4.78 is 40.2. The monoisotopic (exact) mass is 464 g/mol. The van der Waals surface area contributed by atoms with Crippen LogP contribution in [0.25, 0.3) is 10.6 Å². The van der Waals surface area contributed by atoms with Crippen molar-refractivity contribution in [1.29, 1.82) is 0 Å². The highest BCUT2D eigenvalue weighted by Crippen LogP contribution is 2.40. The lowest BCUT2D eigenvalue weighted by Gasteiger charge is -2.43. The summed E-state index contributed by atoms with van der Waals surface area (Å²) in [5.41, 5.74) is 0.338. The number of piperazine rings is 1. The number of carbonyl (C=O) groups excluding carboxylic acids is 1. The average Bonchev–Trinajstić information content (AvgIpc) is 3.16. The number of hydrogen-bond donors (Lipinski definition) is 0. The van der Waals surface area contributed by atoms with Gasteiger partial charge in [0.1, 0.15) is 5.01 Å². The van der Waals surface area contributed by atoms with Crippen LogP contribution in [-0.2, 0) is 23.9 Å².